The van der Waals surface area contributed by atoms with E-state index >= 15 is 0 Å². The van der Waals surface area contributed by atoms with E-state index in [1.165, 1.54) is 6.42 Å². The summed E-state index contributed by atoms with van der Waals surface area (Å²) in [6, 6.07) is 0. The third kappa shape index (κ3) is 1.37. The number of aliphatic hydroxyl groups is 1. The third-order valence-electron chi connectivity index (χ3n) is 5.88. The molecule has 0 saturated heterocycles. The van der Waals surface area contributed by atoms with E-state index in [4.69, 9.17) is 4.74 Å². The molecule has 1 aliphatic heterocycles. The summed E-state index contributed by atoms with van der Waals surface area (Å²) in [5.74, 6) is 0.307. The molecule has 1 heterocycles. The first-order valence-electron chi connectivity index (χ1n) is 7.00. The quantitative estimate of drug-likeness (QED) is 0.672. The summed E-state index contributed by atoms with van der Waals surface area (Å²) in [7, 11) is 0. The van der Waals surface area contributed by atoms with Gasteiger partial charge in [0.1, 0.15) is 6.10 Å². The van der Waals surface area contributed by atoms with Crippen LogP contribution in [0.4, 0.5) is 0 Å². The number of rotatable bonds is 0. The van der Waals surface area contributed by atoms with Gasteiger partial charge in [0.15, 0.2) is 0 Å². The fourth-order valence-electron chi connectivity index (χ4n) is 4.21. The van der Waals surface area contributed by atoms with Gasteiger partial charge in [-0.1, -0.05) is 20.3 Å². The van der Waals surface area contributed by atoms with Crippen molar-refractivity contribution in [3.8, 4) is 0 Å². The molecule has 0 amide bonds. The van der Waals surface area contributed by atoms with Crippen molar-refractivity contribution in [3.05, 3.63) is 11.1 Å². The number of carbonyl (C=O) groups is 1. The molecular formula is C15H22O3. The summed E-state index contributed by atoms with van der Waals surface area (Å²) in [6.07, 6.45) is 4.32. The molecule has 2 saturated carbocycles. The lowest BCUT2D eigenvalue weighted by atomic mass is 9.52. The lowest BCUT2D eigenvalue weighted by Gasteiger charge is -2.56. The minimum absolute atomic E-state index is 0.105. The van der Waals surface area contributed by atoms with Crippen molar-refractivity contribution in [1.82, 2.24) is 0 Å². The molecule has 0 bridgehead atoms. The summed E-state index contributed by atoms with van der Waals surface area (Å²) >= 11 is 0. The third-order valence-corrected chi connectivity index (χ3v) is 5.88. The smallest absolute Gasteiger partial charge is 0.334 e. The van der Waals surface area contributed by atoms with Gasteiger partial charge in [-0.25, -0.2) is 4.79 Å². The van der Waals surface area contributed by atoms with Gasteiger partial charge in [-0.05, 0) is 37.7 Å². The van der Waals surface area contributed by atoms with Crippen LogP contribution in [0.15, 0.2) is 11.1 Å². The number of ether oxygens (including phenoxy) is 1. The van der Waals surface area contributed by atoms with E-state index in [2.05, 4.69) is 13.8 Å². The van der Waals surface area contributed by atoms with Crippen LogP contribution in [0, 0.1) is 11.3 Å². The zero-order valence-corrected chi connectivity index (χ0v) is 11.5. The monoisotopic (exact) mass is 250 g/mol. The largest absolute Gasteiger partial charge is 0.454 e. The molecule has 2 aliphatic carbocycles. The zero-order chi connectivity index (χ0) is 13.1. The van der Waals surface area contributed by atoms with Gasteiger partial charge in [-0.15, -0.1) is 0 Å². The Bertz CT molecular complexity index is 439. The van der Waals surface area contributed by atoms with Crippen LogP contribution in [-0.2, 0) is 9.53 Å². The fourth-order valence-corrected chi connectivity index (χ4v) is 4.21. The lowest BCUT2D eigenvalue weighted by Crippen LogP contribution is -2.57. The first-order valence-corrected chi connectivity index (χ1v) is 7.00. The first-order chi connectivity index (χ1) is 8.37. The standard InChI is InChI=1S/C15H22O3/c1-9-5-4-6-15(17)8-12-11(7-14(9,15)3)10(2)13(16)18-12/h9,12,17H,4-8H2,1-3H3/t9-,12-,14+,15-/m0/s1. The molecule has 0 spiro atoms. The Kier molecular flexibility index (Phi) is 2.44. The number of hydrogen-bond acceptors (Lipinski definition) is 3. The maximum Gasteiger partial charge on any atom is 0.334 e. The van der Waals surface area contributed by atoms with Crippen LogP contribution in [0.25, 0.3) is 0 Å². The number of fused-ring (bicyclic) bond motifs is 2. The fraction of sp³-hybridized carbons (Fsp3) is 0.800. The van der Waals surface area contributed by atoms with Crippen LogP contribution >= 0.6 is 0 Å². The van der Waals surface area contributed by atoms with E-state index in [-0.39, 0.29) is 17.5 Å². The van der Waals surface area contributed by atoms with Crippen molar-refractivity contribution in [3.63, 3.8) is 0 Å². The van der Waals surface area contributed by atoms with E-state index in [1.807, 2.05) is 6.92 Å². The van der Waals surface area contributed by atoms with Crippen LogP contribution in [0.1, 0.15) is 52.9 Å². The summed E-state index contributed by atoms with van der Waals surface area (Å²) in [6.45, 7) is 6.28. The minimum atomic E-state index is -0.663. The Balaban J connectivity index is 2.03. The molecule has 3 nitrogen and oxygen atoms in total. The predicted octanol–water partition coefficient (Wildman–Crippen LogP) is 2.58. The summed E-state index contributed by atoms with van der Waals surface area (Å²) in [5, 5.41) is 11.0. The molecule has 4 atom stereocenters. The molecule has 18 heavy (non-hydrogen) atoms. The van der Waals surface area contributed by atoms with Crippen LogP contribution < -0.4 is 0 Å². The second kappa shape index (κ2) is 3.60. The molecule has 3 rings (SSSR count). The van der Waals surface area contributed by atoms with Crippen LogP contribution in [0.2, 0.25) is 0 Å². The van der Waals surface area contributed by atoms with Crippen LogP contribution in [0.3, 0.4) is 0 Å². The second-order valence-electron chi connectivity index (χ2n) is 6.67. The maximum atomic E-state index is 11.7. The Hall–Kier alpha value is -0.830. The van der Waals surface area contributed by atoms with Crippen molar-refractivity contribution in [1.29, 1.82) is 0 Å². The second-order valence-corrected chi connectivity index (χ2v) is 6.67. The van der Waals surface area contributed by atoms with Gasteiger partial charge in [0.05, 0.1) is 5.60 Å². The molecule has 3 heteroatoms. The molecule has 0 unspecified atom stereocenters. The van der Waals surface area contributed by atoms with Gasteiger partial charge in [0.25, 0.3) is 0 Å². The van der Waals surface area contributed by atoms with E-state index in [1.54, 1.807) is 0 Å². The van der Waals surface area contributed by atoms with Crippen molar-refractivity contribution >= 4 is 5.97 Å². The SMILES string of the molecule is CC1=C2C[C@]3(C)[C@@H](C)CCC[C@]3(O)C[C@@H]2OC1=O. The number of hydrogen-bond donors (Lipinski definition) is 1. The van der Waals surface area contributed by atoms with E-state index in [0.717, 1.165) is 30.4 Å². The molecule has 100 valence electrons. The molecule has 0 aromatic rings. The van der Waals surface area contributed by atoms with Crippen molar-refractivity contribution in [2.75, 3.05) is 0 Å². The molecule has 3 aliphatic rings. The van der Waals surface area contributed by atoms with Crippen LogP contribution in [0.5, 0.6) is 0 Å². The van der Waals surface area contributed by atoms with Crippen molar-refractivity contribution in [2.45, 2.75) is 64.6 Å². The average Bonchev–Trinajstić information content (AvgIpc) is 2.55. The molecular weight excluding hydrogens is 228 g/mol. The molecule has 2 fully saturated rings. The van der Waals surface area contributed by atoms with Gasteiger partial charge >= 0.3 is 5.97 Å². The van der Waals surface area contributed by atoms with Crippen LogP contribution in [-0.4, -0.2) is 22.8 Å². The predicted molar refractivity (Wildman–Crippen MR) is 67.9 cm³/mol. The highest BCUT2D eigenvalue weighted by Gasteiger charge is 2.58. The van der Waals surface area contributed by atoms with Gasteiger partial charge in [0, 0.05) is 17.4 Å². The first kappa shape index (κ1) is 12.2. The Morgan fingerprint density at radius 3 is 2.89 bits per heavy atom. The lowest BCUT2D eigenvalue weighted by molar-refractivity contribution is -0.172. The van der Waals surface area contributed by atoms with E-state index in [9.17, 15) is 9.90 Å². The Morgan fingerprint density at radius 1 is 1.44 bits per heavy atom. The normalized spacial score (nSPS) is 47.7. The maximum absolute atomic E-state index is 11.7. The highest BCUT2D eigenvalue weighted by atomic mass is 16.5. The Morgan fingerprint density at radius 2 is 2.17 bits per heavy atom. The van der Waals surface area contributed by atoms with Gasteiger partial charge in [0.2, 0.25) is 0 Å². The zero-order valence-electron chi connectivity index (χ0n) is 11.5. The highest BCUT2D eigenvalue weighted by Crippen LogP contribution is 2.58. The summed E-state index contributed by atoms with van der Waals surface area (Å²) in [4.78, 5) is 11.7. The van der Waals surface area contributed by atoms with Crippen molar-refractivity contribution in [2.24, 2.45) is 11.3 Å². The number of carbonyl (C=O) groups excluding carboxylic acids is 1. The molecule has 1 N–H and O–H groups in total. The molecule has 0 radical (unpaired) electrons. The van der Waals surface area contributed by atoms with Gasteiger partial charge < -0.3 is 9.84 Å². The van der Waals surface area contributed by atoms with E-state index in [0.29, 0.717) is 12.3 Å². The minimum Gasteiger partial charge on any atom is -0.454 e. The van der Waals surface area contributed by atoms with Gasteiger partial charge in [-0.2, -0.15) is 0 Å². The van der Waals surface area contributed by atoms with Gasteiger partial charge in [-0.3, -0.25) is 0 Å². The summed E-state index contributed by atoms with van der Waals surface area (Å²) in [5.41, 5.74) is 1.15. The average molecular weight is 250 g/mol. The Labute approximate surface area is 108 Å². The highest BCUT2D eigenvalue weighted by molar-refractivity contribution is 5.91. The van der Waals surface area contributed by atoms with Crippen molar-refractivity contribution < 1.29 is 14.6 Å². The number of esters is 1. The summed E-state index contributed by atoms with van der Waals surface area (Å²) < 4.78 is 5.40. The molecule has 0 aromatic heterocycles. The molecule has 0 aromatic carbocycles. The topological polar surface area (TPSA) is 46.5 Å². The van der Waals surface area contributed by atoms with E-state index < -0.39 is 5.60 Å².